The average molecular weight is 247 g/mol. The molecular formula is C12H25NO2S. The standard InChI is InChI=1S/C12H25NO2S/c13-10-9-11(16)7-5-3-1-2-4-6-8-12(14)15/h11,16H,1-10,13H2,(H,14,15). The molecule has 3 N–H and O–H groups in total. The summed E-state index contributed by atoms with van der Waals surface area (Å²) in [6.07, 6.45) is 9.13. The van der Waals surface area contributed by atoms with Gasteiger partial charge in [0, 0.05) is 11.7 Å². The second-order valence-electron chi connectivity index (χ2n) is 4.28. The number of unbranched alkanes of at least 4 members (excludes halogenated alkanes) is 5. The summed E-state index contributed by atoms with van der Waals surface area (Å²) in [5.41, 5.74) is 5.44. The normalized spacial score (nSPS) is 12.6. The number of carboxylic acid groups (broad SMARTS) is 1. The van der Waals surface area contributed by atoms with Gasteiger partial charge in [-0.1, -0.05) is 32.1 Å². The fraction of sp³-hybridized carbons (Fsp3) is 0.917. The number of carbonyl (C=O) groups is 1. The second-order valence-corrected chi connectivity index (χ2v) is 5.02. The Labute approximate surface area is 104 Å². The van der Waals surface area contributed by atoms with Gasteiger partial charge in [-0.15, -0.1) is 0 Å². The lowest BCUT2D eigenvalue weighted by molar-refractivity contribution is -0.137. The molecule has 0 spiro atoms. The van der Waals surface area contributed by atoms with Crippen LogP contribution in [-0.4, -0.2) is 22.9 Å². The molecule has 16 heavy (non-hydrogen) atoms. The number of hydrogen-bond donors (Lipinski definition) is 3. The van der Waals surface area contributed by atoms with Gasteiger partial charge < -0.3 is 10.8 Å². The number of carboxylic acids is 1. The van der Waals surface area contributed by atoms with Crippen molar-refractivity contribution in [2.24, 2.45) is 5.73 Å². The first-order valence-electron chi connectivity index (χ1n) is 6.26. The summed E-state index contributed by atoms with van der Waals surface area (Å²) < 4.78 is 0. The van der Waals surface area contributed by atoms with Crippen molar-refractivity contribution in [3.8, 4) is 0 Å². The lowest BCUT2D eigenvalue weighted by Crippen LogP contribution is -2.08. The van der Waals surface area contributed by atoms with E-state index in [1.165, 1.54) is 19.3 Å². The van der Waals surface area contributed by atoms with E-state index in [0.29, 0.717) is 11.7 Å². The second kappa shape index (κ2) is 11.3. The van der Waals surface area contributed by atoms with Gasteiger partial charge in [-0.3, -0.25) is 4.79 Å². The van der Waals surface area contributed by atoms with Crippen molar-refractivity contribution in [1.82, 2.24) is 0 Å². The molecular weight excluding hydrogens is 222 g/mol. The minimum Gasteiger partial charge on any atom is -0.481 e. The molecule has 0 bridgehead atoms. The zero-order valence-electron chi connectivity index (χ0n) is 10.0. The molecule has 3 nitrogen and oxygen atoms in total. The van der Waals surface area contributed by atoms with Crippen molar-refractivity contribution in [2.45, 2.75) is 63.0 Å². The van der Waals surface area contributed by atoms with Crippen LogP contribution < -0.4 is 5.73 Å². The summed E-state index contributed by atoms with van der Waals surface area (Å²) >= 11 is 4.45. The zero-order chi connectivity index (χ0) is 12.2. The number of rotatable bonds is 11. The lowest BCUT2D eigenvalue weighted by Gasteiger charge is -2.08. The van der Waals surface area contributed by atoms with Gasteiger partial charge in [0.15, 0.2) is 0 Å². The maximum atomic E-state index is 10.3. The summed E-state index contributed by atoms with van der Waals surface area (Å²) in [6, 6.07) is 0. The molecule has 0 radical (unpaired) electrons. The molecule has 0 aromatic carbocycles. The van der Waals surface area contributed by atoms with E-state index in [4.69, 9.17) is 10.8 Å². The van der Waals surface area contributed by atoms with Crippen LogP contribution in [0, 0.1) is 0 Å². The van der Waals surface area contributed by atoms with Crippen LogP contribution in [0.3, 0.4) is 0 Å². The molecule has 0 saturated heterocycles. The summed E-state index contributed by atoms with van der Waals surface area (Å²) in [6.45, 7) is 0.726. The van der Waals surface area contributed by atoms with Crippen LogP contribution in [0.4, 0.5) is 0 Å². The van der Waals surface area contributed by atoms with Gasteiger partial charge >= 0.3 is 5.97 Å². The number of nitrogens with two attached hydrogens (primary N) is 1. The maximum absolute atomic E-state index is 10.3. The van der Waals surface area contributed by atoms with Crippen molar-refractivity contribution in [3.63, 3.8) is 0 Å². The fourth-order valence-electron chi connectivity index (χ4n) is 1.70. The Morgan fingerprint density at radius 2 is 1.62 bits per heavy atom. The van der Waals surface area contributed by atoms with Crippen LogP contribution in [-0.2, 0) is 4.79 Å². The highest BCUT2D eigenvalue weighted by Gasteiger charge is 2.01. The number of thiol groups is 1. The van der Waals surface area contributed by atoms with E-state index in [0.717, 1.165) is 38.6 Å². The molecule has 0 aromatic rings. The molecule has 96 valence electrons. The third-order valence-electron chi connectivity index (χ3n) is 2.68. The first-order valence-corrected chi connectivity index (χ1v) is 6.78. The van der Waals surface area contributed by atoms with Crippen molar-refractivity contribution in [3.05, 3.63) is 0 Å². The number of aliphatic carboxylic acids is 1. The van der Waals surface area contributed by atoms with Crippen molar-refractivity contribution >= 4 is 18.6 Å². The lowest BCUT2D eigenvalue weighted by atomic mass is 10.1. The Hall–Kier alpha value is -0.220. The van der Waals surface area contributed by atoms with Crippen LogP contribution in [0.2, 0.25) is 0 Å². The van der Waals surface area contributed by atoms with Gasteiger partial charge in [-0.2, -0.15) is 12.6 Å². The third kappa shape index (κ3) is 11.9. The highest BCUT2D eigenvalue weighted by molar-refractivity contribution is 7.80. The molecule has 0 rings (SSSR count). The monoisotopic (exact) mass is 247 g/mol. The Morgan fingerprint density at radius 3 is 2.19 bits per heavy atom. The van der Waals surface area contributed by atoms with Gasteiger partial charge in [0.2, 0.25) is 0 Å². The van der Waals surface area contributed by atoms with Crippen molar-refractivity contribution in [1.29, 1.82) is 0 Å². The fourth-order valence-corrected chi connectivity index (χ4v) is 2.03. The zero-order valence-corrected chi connectivity index (χ0v) is 10.9. The van der Waals surface area contributed by atoms with E-state index in [2.05, 4.69) is 12.6 Å². The molecule has 0 aromatic heterocycles. The quantitative estimate of drug-likeness (QED) is 0.388. The molecule has 1 unspecified atom stereocenters. The Kier molecular flexibility index (Phi) is 11.1. The Bertz CT molecular complexity index is 176. The van der Waals surface area contributed by atoms with Gasteiger partial charge in [0.1, 0.15) is 0 Å². The highest BCUT2D eigenvalue weighted by atomic mass is 32.1. The summed E-state index contributed by atoms with van der Waals surface area (Å²) in [5.74, 6) is -0.681. The van der Waals surface area contributed by atoms with E-state index < -0.39 is 5.97 Å². The molecule has 0 aliphatic heterocycles. The third-order valence-corrected chi connectivity index (χ3v) is 3.19. The SMILES string of the molecule is NCCC(S)CCCCCCCCC(=O)O. The largest absolute Gasteiger partial charge is 0.481 e. The molecule has 1 atom stereocenters. The van der Waals surface area contributed by atoms with Crippen LogP contribution >= 0.6 is 12.6 Å². The van der Waals surface area contributed by atoms with Gasteiger partial charge in [-0.05, 0) is 25.8 Å². The van der Waals surface area contributed by atoms with Crippen LogP contribution in [0.5, 0.6) is 0 Å². The van der Waals surface area contributed by atoms with Gasteiger partial charge in [-0.25, -0.2) is 0 Å². The molecule has 0 saturated carbocycles. The maximum Gasteiger partial charge on any atom is 0.303 e. The molecule has 0 fully saturated rings. The van der Waals surface area contributed by atoms with Crippen molar-refractivity contribution in [2.75, 3.05) is 6.54 Å². The topological polar surface area (TPSA) is 63.3 Å². The van der Waals surface area contributed by atoms with E-state index in [9.17, 15) is 4.79 Å². The van der Waals surface area contributed by atoms with Crippen LogP contribution in [0.1, 0.15) is 57.8 Å². The first kappa shape index (κ1) is 15.8. The predicted octanol–water partition coefficient (Wildman–Crippen LogP) is 2.84. The Balaban J connectivity index is 3.06. The van der Waals surface area contributed by atoms with Crippen LogP contribution in [0.25, 0.3) is 0 Å². The van der Waals surface area contributed by atoms with E-state index >= 15 is 0 Å². The average Bonchev–Trinajstić information content (AvgIpc) is 2.22. The minimum absolute atomic E-state index is 0.315. The summed E-state index contributed by atoms with van der Waals surface area (Å²) in [4.78, 5) is 10.3. The molecule has 0 aliphatic carbocycles. The van der Waals surface area contributed by atoms with E-state index in [1.54, 1.807) is 0 Å². The molecule has 0 heterocycles. The molecule has 4 heteroatoms. The minimum atomic E-state index is -0.681. The van der Waals surface area contributed by atoms with Gasteiger partial charge in [0.25, 0.3) is 0 Å². The molecule has 0 amide bonds. The van der Waals surface area contributed by atoms with Gasteiger partial charge in [0.05, 0.1) is 0 Å². The Morgan fingerprint density at radius 1 is 1.06 bits per heavy atom. The van der Waals surface area contributed by atoms with Crippen molar-refractivity contribution < 1.29 is 9.90 Å². The number of hydrogen-bond acceptors (Lipinski definition) is 3. The van der Waals surface area contributed by atoms with Crippen LogP contribution in [0.15, 0.2) is 0 Å². The summed E-state index contributed by atoms with van der Waals surface area (Å²) in [5, 5.41) is 8.90. The summed E-state index contributed by atoms with van der Waals surface area (Å²) in [7, 11) is 0. The predicted molar refractivity (Wildman–Crippen MR) is 71.0 cm³/mol. The first-order chi connectivity index (χ1) is 7.66. The molecule has 0 aliphatic rings. The van der Waals surface area contributed by atoms with E-state index in [-0.39, 0.29) is 0 Å². The smallest absolute Gasteiger partial charge is 0.303 e. The highest BCUT2D eigenvalue weighted by Crippen LogP contribution is 2.13. The van der Waals surface area contributed by atoms with E-state index in [1.807, 2.05) is 0 Å².